The molecule has 5 nitrogen and oxygen atoms in total. The van der Waals surface area contributed by atoms with Crippen LogP contribution in [0.5, 0.6) is 5.75 Å². The van der Waals surface area contributed by atoms with Gasteiger partial charge >= 0.3 is 5.97 Å². The number of nitrogens with zero attached hydrogens (tertiary/aromatic N) is 1. The lowest BCUT2D eigenvalue weighted by molar-refractivity contribution is -0.137. The third kappa shape index (κ3) is 6.79. The largest absolute Gasteiger partial charge is 0.487 e. The van der Waals surface area contributed by atoms with Crippen LogP contribution in [0.1, 0.15) is 66.7 Å². The van der Waals surface area contributed by atoms with E-state index in [4.69, 9.17) is 4.74 Å². The molecule has 4 rings (SSSR count). The van der Waals surface area contributed by atoms with Gasteiger partial charge in [-0.1, -0.05) is 75.4 Å². The van der Waals surface area contributed by atoms with Gasteiger partial charge in [0.2, 0.25) is 0 Å². The van der Waals surface area contributed by atoms with Crippen LogP contribution in [0.15, 0.2) is 72.8 Å². The Kier molecular flexibility index (Phi) is 7.72. The number of hydrogen-bond acceptors (Lipinski definition) is 3. The van der Waals surface area contributed by atoms with Gasteiger partial charge in [-0.2, -0.15) is 0 Å². The van der Waals surface area contributed by atoms with E-state index in [9.17, 15) is 14.7 Å². The lowest BCUT2D eigenvalue weighted by Crippen LogP contribution is -2.35. The summed E-state index contributed by atoms with van der Waals surface area (Å²) in [4.78, 5) is 26.3. The molecule has 5 heteroatoms. The predicted octanol–water partition coefficient (Wildman–Crippen LogP) is 6.08. The van der Waals surface area contributed by atoms with Gasteiger partial charge in [-0.15, -0.1) is 0 Å². The summed E-state index contributed by atoms with van der Waals surface area (Å²) in [6, 6.07) is 24.3. The molecule has 0 saturated carbocycles. The fourth-order valence-corrected chi connectivity index (χ4v) is 4.94. The number of fused-ring (bicyclic) bond motifs is 1. The molecule has 194 valence electrons. The second-order valence-corrected chi connectivity index (χ2v) is 11.3. The Hall–Kier alpha value is -3.60. The number of ether oxygens (including phenoxy) is 1. The minimum atomic E-state index is -0.911. The van der Waals surface area contributed by atoms with Crippen molar-refractivity contribution in [1.29, 1.82) is 0 Å². The van der Waals surface area contributed by atoms with Crippen LogP contribution in [0.25, 0.3) is 0 Å². The Morgan fingerprint density at radius 1 is 0.946 bits per heavy atom. The molecule has 0 spiro atoms. The van der Waals surface area contributed by atoms with Crippen LogP contribution in [0, 0.1) is 0 Å². The van der Waals surface area contributed by atoms with Crippen LogP contribution in [-0.2, 0) is 29.5 Å². The summed E-state index contributed by atoms with van der Waals surface area (Å²) in [6.45, 7) is 9.39. The van der Waals surface area contributed by atoms with E-state index in [1.54, 1.807) is 11.0 Å². The van der Waals surface area contributed by atoms with Gasteiger partial charge in [-0.25, -0.2) is 0 Å². The quantitative estimate of drug-likeness (QED) is 0.387. The monoisotopic (exact) mass is 499 g/mol. The summed E-state index contributed by atoms with van der Waals surface area (Å²) in [5.41, 5.74) is 4.96. The molecule has 3 aromatic carbocycles. The zero-order valence-corrected chi connectivity index (χ0v) is 22.3. The highest BCUT2D eigenvalue weighted by atomic mass is 16.5. The number of carbonyl (C=O) groups excluding carboxylic acids is 1. The first-order valence-corrected chi connectivity index (χ1v) is 13.0. The molecule has 1 N–H and O–H groups in total. The molecule has 1 aliphatic heterocycles. The van der Waals surface area contributed by atoms with E-state index in [2.05, 4.69) is 52.0 Å². The topological polar surface area (TPSA) is 66.8 Å². The van der Waals surface area contributed by atoms with Crippen molar-refractivity contribution in [3.8, 4) is 5.75 Å². The molecule has 37 heavy (non-hydrogen) atoms. The number of carboxylic acid groups (broad SMARTS) is 1. The van der Waals surface area contributed by atoms with Crippen LogP contribution in [0.3, 0.4) is 0 Å². The van der Waals surface area contributed by atoms with Gasteiger partial charge in [0.15, 0.2) is 0 Å². The highest BCUT2D eigenvalue weighted by molar-refractivity contribution is 5.95. The number of hydrogen-bond donors (Lipinski definition) is 1. The van der Waals surface area contributed by atoms with E-state index in [1.807, 2.05) is 42.5 Å². The Morgan fingerprint density at radius 3 is 2.30 bits per heavy atom. The standard InChI is InChI=1S/C32H37NO4/c1-31(2,3)27-13-10-24(11-14-27)21-32(4)22-26-20-25(12-15-28(26)37-32)30(36)33(19-17-29(34)35)18-16-23-8-6-5-7-9-23/h5-15,20H,16-19,21-22H2,1-4H3,(H,34,35). The summed E-state index contributed by atoms with van der Waals surface area (Å²) < 4.78 is 6.37. The summed E-state index contributed by atoms with van der Waals surface area (Å²) >= 11 is 0. The highest BCUT2D eigenvalue weighted by Gasteiger charge is 2.35. The number of benzene rings is 3. The van der Waals surface area contributed by atoms with Crippen LogP contribution in [-0.4, -0.2) is 40.6 Å². The van der Waals surface area contributed by atoms with E-state index in [0.717, 1.165) is 23.3 Å². The number of carboxylic acids is 1. The zero-order chi connectivity index (χ0) is 26.6. The second kappa shape index (κ2) is 10.8. The van der Waals surface area contributed by atoms with Gasteiger partial charge in [-0.05, 0) is 59.2 Å². The maximum Gasteiger partial charge on any atom is 0.305 e. The van der Waals surface area contributed by atoms with E-state index < -0.39 is 5.97 Å². The lowest BCUT2D eigenvalue weighted by atomic mass is 9.85. The fraction of sp³-hybridized carbons (Fsp3) is 0.375. The lowest BCUT2D eigenvalue weighted by Gasteiger charge is -2.25. The molecule has 0 aromatic heterocycles. The van der Waals surface area contributed by atoms with Gasteiger partial charge in [0.25, 0.3) is 5.91 Å². The first-order chi connectivity index (χ1) is 17.5. The van der Waals surface area contributed by atoms with Crippen LogP contribution in [0.2, 0.25) is 0 Å². The summed E-state index contributed by atoms with van der Waals surface area (Å²) in [7, 11) is 0. The molecule has 1 unspecified atom stereocenters. The van der Waals surface area contributed by atoms with Crippen molar-refractivity contribution in [3.63, 3.8) is 0 Å². The Labute approximate surface area is 220 Å². The van der Waals surface area contributed by atoms with Gasteiger partial charge in [0.05, 0.1) is 6.42 Å². The normalized spacial score (nSPS) is 16.6. The molecular weight excluding hydrogens is 462 g/mol. The first-order valence-electron chi connectivity index (χ1n) is 13.0. The maximum atomic E-state index is 13.4. The molecule has 1 heterocycles. The van der Waals surface area contributed by atoms with E-state index in [1.165, 1.54) is 11.1 Å². The van der Waals surface area contributed by atoms with Crippen LogP contribution in [0.4, 0.5) is 0 Å². The molecule has 1 aliphatic rings. The number of rotatable bonds is 9. The smallest absolute Gasteiger partial charge is 0.305 e. The molecule has 0 fully saturated rings. The second-order valence-electron chi connectivity index (χ2n) is 11.3. The van der Waals surface area contributed by atoms with Crippen molar-refractivity contribution in [2.45, 2.75) is 64.4 Å². The van der Waals surface area contributed by atoms with Gasteiger partial charge in [0.1, 0.15) is 11.4 Å². The van der Waals surface area contributed by atoms with Crippen molar-refractivity contribution in [2.75, 3.05) is 13.1 Å². The van der Waals surface area contributed by atoms with Gasteiger partial charge in [0, 0.05) is 31.5 Å². The Balaban J connectivity index is 1.46. The Morgan fingerprint density at radius 2 is 1.65 bits per heavy atom. The third-order valence-electron chi connectivity index (χ3n) is 7.02. The number of amides is 1. The van der Waals surface area contributed by atoms with E-state index in [0.29, 0.717) is 24.9 Å². The van der Waals surface area contributed by atoms with Crippen molar-refractivity contribution >= 4 is 11.9 Å². The SMILES string of the molecule is CC1(Cc2ccc(C(C)(C)C)cc2)Cc2cc(C(=O)N(CCC(=O)O)CCc3ccccc3)ccc2O1. The highest BCUT2D eigenvalue weighted by Crippen LogP contribution is 2.38. The number of aliphatic carboxylic acids is 1. The average Bonchev–Trinajstić information content (AvgIpc) is 3.18. The van der Waals surface area contributed by atoms with Crippen molar-refractivity contribution in [1.82, 2.24) is 4.90 Å². The molecule has 0 saturated heterocycles. The maximum absolute atomic E-state index is 13.4. The van der Waals surface area contributed by atoms with Crippen LogP contribution >= 0.6 is 0 Å². The molecule has 1 atom stereocenters. The minimum absolute atomic E-state index is 0.0827. The summed E-state index contributed by atoms with van der Waals surface area (Å²) in [5.74, 6) is -0.246. The van der Waals surface area contributed by atoms with E-state index in [-0.39, 0.29) is 29.9 Å². The molecule has 1 amide bonds. The molecular formula is C32H37NO4. The summed E-state index contributed by atoms with van der Waals surface area (Å²) in [5, 5.41) is 9.21. The van der Waals surface area contributed by atoms with Crippen molar-refractivity contribution in [2.24, 2.45) is 0 Å². The minimum Gasteiger partial charge on any atom is -0.487 e. The summed E-state index contributed by atoms with van der Waals surface area (Å²) in [6.07, 6.45) is 2.08. The average molecular weight is 500 g/mol. The molecule has 0 aliphatic carbocycles. The van der Waals surface area contributed by atoms with Crippen LogP contribution < -0.4 is 4.74 Å². The zero-order valence-electron chi connectivity index (χ0n) is 22.3. The third-order valence-corrected chi connectivity index (χ3v) is 7.02. The van der Waals surface area contributed by atoms with Crippen molar-refractivity contribution < 1.29 is 19.4 Å². The van der Waals surface area contributed by atoms with Gasteiger partial charge < -0.3 is 14.7 Å². The first kappa shape index (κ1) is 26.5. The fourth-order valence-electron chi connectivity index (χ4n) is 4.94. The number of carbonyl (C=O) groups is 2. The van der Waals surface area contributed by atoms with Crippen molar-refractivity contribution in [3.05, 3.63) is 101 Å². The predicted molar refractivity (Wildman–Crippen MR) is 146 cm³/mol. The molecule has 0 bridgehead atoms. The molecule has 0 radical (unpaired) electrons. The van der Waals surface area contributed by atoms with Gasteiger partial charge in [-0.3, -0.25) is 9.59 Å². The Bertz CT molecular complexity index is 1240. The molecule has 3 aromatic rings. The van der Waals surface area contributed by atoms with E-state index >= 15 is 0 Å².